The van der Waals surface area contributed by atoms with Gasteiger partial charge in [0, 0.05) is 30.7 Å². The van der Waals surface area contributed by atoms with Gasteiger partial charge in [-0.05, 0) is 36.4 Å². The van der Waals surface area contributed by atoms with Crippen molar-refractivity contribution in [2.24, 2.45) is 7.05 Å². The first-order valence-corrected chi connectivity index (χ1v) is 8.73. The lowest BCUT2D eigenvalue weighted by atomic mass is 10.2. The SMILES string of the molecule is Cn1c(SCC(=O)Nc2ccc(C(F)(F)F)cc2)nnc1-c1cccnc1. The summed E-state index contributed by atoms with van der Waals surface area (Å²) in [6.45, 7) is 0. The largest absolute Gasteiger partial charge is 0.416 e. The topological polar surface area (TPSA) is 72.7 Å². The summed E-state index contributed by atoms with van der Waals surface area (Å²) in [5.74, 6) is 0.305. The van der Waals surface area contributed by atoms with Gasteiger partial charge in [0.15, 0.2) is 11.0 Å². The minimum absolute atomic E-state index is 0.0417. The van der Waals surface area contributed by atoms with Crippen molar-refractivity contribution in [2.45, 2.75) is 11.3 Å². The van der Waals surface area contributed by atoms with E-state index in [2.05, 4.69) is 20.5 Å². The number of anilines is 1. The summed E-state index contributed by atoms with van der Waals surface area (Å²) in [5.41, 5.74) is 0.327. The van der Waals surface area contributed by atoms with Crippen LogP contribution in [0.4, 0.5) is 18.9 Å². The Hall–Kier alpha value is -2.88. The molecule has 2 aromatic heterocycles. The molecule has 6 nitrogen and oxygen atoms in total. The van der Waals surface area contributed by atoms with Gasteiger partial charge < -0.3 is 9.88 Å². The number of carbonyl (C=O) groups excluding carboxylic acids is 1. The molecule has 0 atom stereocenters. The van der Waals surface area contributed by atoms with Crippen molar-refractivity contribution < 1.29 is 18.0 Å². The van der Waals surface area contributed by atoms with E-state index in [4.69, 9.17) is 0 Å². The molecule has 0 unspecified atom stereocenters. The third kappa shape index (κ3) is 4.64. The van der Waals surface area contributed by atoms with Gasteiger partial charge in [-0.2, -0.15) is 13.2 Å². The molecular formula is C17H14F3N5OS. The maximum absolute atomic E-state index is 12.5. The van der Waals surface area contributed by atoms with E-state index in [0.717, 1.165) is 17.7 Å². The van der Waals surface area contributed by atoms with Crippen LogP contribution in [0.15, 0.2) is 53.9 Å². The molecule has 2 heterocycles. The monoisotopic (exact) mass is 393 g/mol. The highest BCUT2D eigenvalue weighted by atomic mass is 32.2. The highest BCUT2D eigenvalue weighted by Crippen LogP contribution is 2.30. The summed E-state index contributed by atoms with van der Waals surface area (Å²) in [4.78, 5) is 16.1. The fourth-order valence-corrected chi connectivity index (χ4v) is 2.97. The highest BCUT2D eigenvalue weighted by molar-refractivity contribution is 7.99. The van der Waals surface area contributed by atoms with Crippen LogP contribution in [0.2, 0.25) is 0 Å². The van der Waals surface area contributed by atoms with Gasteiger partial charge in [-0.3, -0.25) is 9.78 Å². The molecule has 0 saturated carbocycles. The normalized spacial score (nSPS) is 11.4. The number of thioether (sulfide) groups is 1. The lowest BCUT2D eigenvalue weighted by Crippen LogP contribution is -2.14. The van der Waals surface area contributed by atoms with Gasteiger partial charge in [0.05, 0.1) is 11.3 Å². The van der Waals surface area contributed by atoms with E-state index >= 15 is 0 Å². The third-order valence-corrected chi connectivity index (χ3v) is 4.60. The third-order valence-electron chi connectivity index (χ3n) is 3.58. The molecule has 1 aromatic carbocycles. The molecule has 0 aliphatic heterocycles. The summed E-state index contributed by atoms with van der Waals surface area (Å²) < 4.78 is 39.4. The smallest absolute Gasteiger partial charge is 0.325 e. The van der Waals surface area contributed by atoms with Gasteiger partial charge in [-0.25, -0.2) is 0 Å². The molecule has 10 heteroatoms. The maximum atomic E-state index is 12.5. The zero-order chi connectivity index (χ0) is 19.4. The lowest BCUT2D eigenvalue weighted by Gasteiger charge is -2.08. The van der Waals surface area contributed by atoms with E-state index in [1.54, 1.807) is 30.1 Å². The molecule has 1 N–H and O–H groups in total. The number of aromatic nitrogens is 4. The Morgan fingerprint density at radius 2 is 1.93 bits per heavy atom. The second kappa shape index (κ2) is 7.78. The van der Waals surface area contributed by atoms with E-state index in [1.165, 1.54) is 23.9 Å². The summed E-state index contributed by atoms with van der Waals surface area (Å²) in [7, 11) is 1.78. The Balaban J connectivity index is 1.59. The van der Waals surface area contributed by atoms with Crippen LogP contribution in [-0.4, -0.2) is 31.4 Å². The molecule has 0 saturated heterocycles. The van der Waals surface area contributed by atoms with E-state index in [-0.39, 0.29) is 11.7 Å². The zero-order valence-electron chi connectivity index (χ0n) is 14.1. The first kappa shape index (κ1) is 18.9. The predicted octanol–water partition coefficient (Wildman–Crippen LogP) is 3.63. The summed E-state index contributed by atoms with van der Waals surface area (Å²) >= 11 is 1.17. The van der Waals surface area contributed by atoms with Crippen LogP contribution in [-0.2, 0) is 18.0 Å². The standard InChI is InChI=1S/C17H14F3N5OS/c1-25-15(11-3-2-8-21-9-11)23-24-16(25)27-10-14(26)22-13-6-4-12(5-7-13)17(18,19)20/h2-9H,10H2,1H3,(H,22,26). The summed E-state index contributed by atoms with van der Waals surface area (Å²) in [6, 6.07) is 7.91. The van der Waals surface area contributed by atoms with Crippen molar-refractivity contribution in [1.29, 1.82) is 0 Å². The van der Waals surface area contributed by atoms with Gasteiger partial charge in [-0.1, -0.05) is 11.8 Å². The van der Waals surface area contributed by atoms with E-state index in [1.807, 2.05) is 6.07 Å². The summed E-state index contributed by atoms with van der Waals surface area (Å²) in [5, 5.41) is 11.2. The Morgan fingerprint density at radius 3 is 2.56 bits per heavy atom. The second-order valence-corrected chi connectivity index (χ2v) is 6.46. The quantitative estimate of drug-likeness (QED) is 0.671. The van der Waals surface area contributed by atoms with E-state index in [9.17, 15) is 18.0 Å². The van der Waals surface area contributed by atoms with Crippen LogP contribution in [0.1, 0.15) is 5.56 Å². The molecule has 3 aromatic rings. The Labute approximate surface area is 156 Å². The second-order valence-electron chi connectivity index (χ2n) is 5.52. The van der Waals surface area contributed by atoms with Gasteiger partial charge in [0.1, 0.15) is 0 Å². The number of amides is 1. The van der Waals surface area contributed by atoms with E-state index < -0.39 is 11.7 Å². The van der Waals surface area contributed by atoms with Gasteiger partial charge in [0.25, 0.3) is 0 Å². The molecule has 140 valence electrons. The van der Waals surface area contributed by atoms with Crippen LogP contribution < -0.4 is 5.32 Å². The molecular weight excluding hydrogens is 379 g/mol. The molecule has 0 bridgehead atoms. The number of nitrogens with one attached hydrogen (secondary N) is 1. The number of halogens is 3. The molecule has 1 amide bonds. The number of hydrogen-bond donors (Lipinski definition) is 1. The van der Waals surface area contributed by atoms with Crippen molar-refractivity contribution in [3.63, 3.8) is 0 Å². The number of nitrogens with zero attached hydrogens (tertiary/aromatic N) is 4. The van der Waals surface area contributed by atoms with Gasteiger partial charge in [0.2, 0.25) is 5.91 Å². The zero-order valence-corrected chi connectivity index (χ0v) is 14.9. The number of carbonyl (C=O) groups is 1. The van der Waals surface area contributed by atoms with Crippen LogP contribution in [0, 0.1) is 0 Å². The van der Waals surface area contributed by atoms with Gasteiger partial charge in [-0.15, -0.1) is 10.2 Å². The van der Waals surface area contributed by atoms with Crippen LogP contribution >= 0.6 is 11.8 Å². The van der Waals surface area contributed by atoms with Crippen molar-refractivity contribution in [1.82, 2.24) is 19.7 Å². The first-order chi connectivity index (χ1) is 12.8. The Bertz CT molecular complexity index is 926. The maximum Gasteiger partial charge on any atom is 0.416 e. The molecule has 0 fully saturated rings. The molecule has 27 heavy (non-hydrogen) atoms. The van der Waals surface area contributed by atoms with Crippen LogP contribution in [0.25, 0.3) is 11.4 Å². The number of rotatable bonds is 5. The number of benzene rings is 1. The number of pyridine rings is 1. The average Bonchev–Trinajstić information content (AvgIpc) is 3.01. The molecule has 0 spiro atoms. The van der Waals surface area contributed by atoms with Gasteiger partial charge >= 0.3 is 6.18 Å². The van der Waals surface area contributed by atoms with Crippen LogP contribution in [0.5, 0.6) is 0 Å². The molecule has 0 aliphatic rings. The molecule has 0 aliphatic carbocycles. The van der Waals surface area contributed by atoms with Crippen LogP contribution in [0.3, 0.4) is 0 Å². The Kier molecular flexibility index (Phi) is 5.45. The fourth-order valence-electron chi connectivity index (χ4n) is 2.26. The minimum atomic E-state index is -4.41. The minimum Gasteiger partial charge on any atom is -0.325 e. The molecule has 3 rings (SSSR count). The van der Waals surface area contributed by atoms with Crippen molar-refractivity contribution in [3.8, 4) is 11.4 Å². The van der Waals surface area contributed by atoms with E-state index in [0.29, 0.717) is 16.7 Å². The Morgan fingerprint density at radius 1 is 1.19 bits per heavy atom. The molecule has 0 radical (unpaired) electrons. The summed E-state index contributed by atoms with van der Waals surface area (Å²) in [6.07, 6.45) is -1.09. The average molecular weight is 393 g/mol. The van der Waals surface area contributed by atoms with Crippen molar-refractivity contribution >= 4 is 23.4 Å². The first-order valence-electron chi connectivity index (χ1n) is 7.74. The fraction of sp³-hybridized carbons (Fsp3) is 0.176. The predicted molar refractivity (Wildman–Crippen MR) is 95.0 cm³/mol. The van der Waals surface area contributed by atoms with Crippen molar-refractivity contribution in [3.05, 3.63) is 54.4 Å². The number of hydrogen-bond acceptors (Lipinski definition) is 5. The highest BCUT2D eigenvalue weighted by Gasteiger charge is 2.30. The number of alkyl halides is 3. The van der Waals surface area contributed by atoms with Crippen molar-refractivity contribution in [2.75, 3.05) is 11.1 Å². The lowest BCUT2D eigenvalue weighted by molar-refractivity contribution is -0.137.